The molecule has 0 aromatic heterocycles. The summed E-state index contributed by atoms with van der Waals surface area (Å²) in [6.45, 7) is 4.23. The zero-order valence-electron chi connectivity index (χ0n) is 31.7. The van der Waals surface area contributed by atoms with Crippen LogP contribution in [0, 0.1) is 5.92 Å². The number of amides is 2. The fourth-order valence-electron chi connectivity index (χ4n) is 7.64. The zero-order valence-corrected chi connectivity index (χ0v) is 32.6. The van der Waals surface area contributed by atoms with Crippen LogP contribution < -0.4 is 15.5 Å². The van der Waals surface area contributed by atoms with Gasteiger partial charge in [-0.2, -0.15) is 0 Å². The molecule has 4 aromatic carbocycles. The van der Waals surface area contributed by atoms with Crippen LogP contribution in [0.2, 0.25) is 0 Å². The van der Waals surface area contributed by atoms with E-state index in [0.717, 1.165) is 62.0 Å². The highest BCUT2D eigenvalue weighted by Crippen LogP contribution is 2.32. The molecule has 1 saturated carbocycles. The van der Waals surface area contributed by atoms with Gasteiger partial charge in [0.1, 0.15) is 0 Å². The van der Waals surface area contributed by atoms with E-state index in [1.54, 1.807) is 42.5 Å². The largest absolute Gasteiger partial charge is 0.593 e. The molecule has 2 aliphatic rings. The van der Waals surface area contributed by atoms with Crippen molar-refractivity contribution < 1.29 is 33.9 Å². The molecule has 1 saturated heterocycles. The van der Waals surface area contributed by atoms with Gasteiger partial charge in [0.25, 0.3) is 11.8 Å². The molecule has 4 aromatic rings. The highest BCUT2D eigenvalue weighted by atomic mass is 32.2. The van der Waals surface area contributed by atoms with Gasteiger partial charge in [0, 0.05) is 42.6 Å². The average molecular weight is 779 g/mol. The molecule has 1 atom stereocenters. The first-order valence-corrected chi connectivity index (χ1v) is 20.6. The van der Waals surface area contributed by atoms with Gasteiger partial charge in [0.15, 0.2) is 4.90 Å². The normalized spacial score (nSPS) is 17.6. The number of nitrogens with zero attached hydrogens (tertiary/aromatic N) is 2. The van der Waals surface area contributed by atoms with Gasteiger partial charge in [0.2, 0.25) is 0 Å². The maximum absolute atomic E-state index is 13.9. The third-order valence-electron chi connectivity index (χ3n) is 10.8. The molecule has 0 radical (unpaired) electrons. The third-order valence-corrected chi connectivity index (χ3v) is 12.5. The number of piperidine rings is 1. The Morgan fingerprint density at radius 1 is 0.768 bits per heavy atom. The summed E-state index contributed by atoms with van der Waals surface area (Å²) in [7, 11) is 0. The zero-order chi connectivity index (χ0) is 39.6. The number of rotatable bonds is 15. The van der Waals surface area contributed by atoms with Crippen LogP contribution in [0.1, 0.15) is 100 Å². The van der Waals surface area contributed by atoms with Crippen LogP contribution in [0.15, 0.2) is 95.9 Å². The number of aliphatic carboxylic acids is 1. The molecule has 1 aliphatic heterocycles. The van der Waals surface area contributed by atoms with Gasteiger partial charge in [-0.3, -0.25) is 14.4 Å². The lowest BCUT2D eigenvalue weighted by Gasteiger charge is -2.34. The van der Waals surface area contributed by atoms with Gasteiger partial charge in [-0.25, -0.2) is 4.79 Å². The second-order valence-electron chi connectivity index (χ2n) is 14.6. The monoisotopic (exact) mass is 778 g/mol. The topological polar surface area (TPSA) is 162 Å². The SMILES string of the molecule is CCN(C1CCC(C(=O)O)CC1)[S+]([O-])c1cccc(C(=O)Nc2ccc(N3CCCCC3)cc2C(=O)Nc2ccc(CCCc3ccc(C(=O)O)cc3)cc2)c1. The Morgan fingerprint density at radius 3 is 2.05 bits per heavy atom. The number of carboxylic acids is 2. The van der Waals surface area contributed by atoms with Crippen LogP contribution >= 0.6 is 0 Å². The van der Waals surface area contributed by atoms with Crippen molar-refractivity contribution in [2.24, 2.45) is 5.92 Å². The standard InChI is InChI=1S/C44H50N4O7S/c1-2-48(36-22-18-33(19-23-36)44(53)54)56(55)38-11-7-10-34(28-38)41(49)46-40-25-24-37(47-26-4-3-5-27-47)29-39(40)42(50)45-35-20-14-31(15-21-35)9-6-8-30-12-16-32(17-13-30)43(51)52/h7,10-17,20-21,24-25,28-29,33,36H,2-6,8-9,18-19,22-23,26-27H2,1H3,(H,45,50)(H,46,49)(H,51,52)(H,53,54). The van der Waals surface area contributed by atoms with Crippen LogP contribution in [0.3, 0.4) is 0 Å². The van der Waals surface area contributed by atoms with E-state index < -0.39 is 29.2 Å². The van der Waals surface area contributed by atoms with E-state index in [2.05, 4.69) is 15.5 Å². The first kappa shape index (κ1) is 40.5. The summed E-state index contributed by atoms with van der Waals surface area (Å²) in [4.78, 5) is 53.0. The molecule has 1 aliphatic carbocycles. The minimum atomic E-state index is -1.55. The molecule has 2 amide bonds. The number of hydrogen-bond acceptors (Lipinski definition) is 7. The molecule has 1 heterocycles. The maximum atomic E-state index is 13.9. The smallest absolute Gasteiger partial charge is 0.335 e. The Labute approximate surface area is 331 Å². The van der Waals surface area contributed by atoms with Crippen LogP contribution in [-0.2, 0) is 29.0 Å². The van der Waals surface area contributed by atoms with Crippen LogP contribution in [0.4, 0.5) is 17.1 Å². The Bertz CT molecular complexity index is 1990. The van der Waals surface area contributed by atoms with E-state index in [9.17, 15) is 28.8 Å². The lowest BCUT2D eigenvalue weighted by atomic mass is 9.86. The van der Waals surface area contributed by atoms with Crippen molar-refractivity contribution in [2.45, 2.75) is 82.1 Å². The van der Waals surface area contributed by atoms with E-state index in [1.807, 2.05) is 59.8 Å². The number of carboxylic acid groups (broad SMARTS) is 2. The summed E-state index contributed by atoms with van der Waals surface area (Å²) in [6, 6.07) is 26.8. The van der Waals surface area contributed by atoms with Crippen molar-refractivity contribution in [3.05, 3.63) is 119 Å². The number of anilines is 3. The highest BCUT2D eigenvalue weighted by molar-refractivity contribution is 7.89. The van der Waals surface area contributed by atoms with Gasteiger partial charge in [-0.1, -0.05) is 30.3 Å². The predicted molar refractivity (Wildman–Crippen MR) is 219 cm³/mol. The van der Waals surface area contributed by atoms with E-state index in [1.165, 1.54) is 6.42 Å². The number of aromatic carboxylic acids is 1. The minimum absolute atomic E-state index is 0.0125. The summed E-state index contributed by atoms with van der Waals surface area (Å²) >= 11 is -1.55. The van der Waals surface area contributed by atoms with Crippen LogP contribution in [0.25, 0.3) is 0 Å². The Kier molecular flexibility index (Phi) is 13.8. The van der Waals surface area contributed by atoms with Gasteiger partial charge in [-0.15, -0.1) is 4.31 Å². The predicted octanol–water partition coefficient (Wildman–Crippen LogP) is 8.04. The number of nitrogens with one attached hydrogen (secondary N) is 2. The number of carbonyl (C=O) groups excluding carboxylic acids is 2. The van der Waals surface area contributed by atoms with Crippen molar-refractivity contribution in [2.75, 3.05) is 35.2 Å². The van der Waals surface area contributed by atoms with Crippen molar-refractivity contribution in [3.63, 3.8) is 0 Å². The van der Waals surface area contributed by atoms with Gasteiger partial charge >= 0.3 is 11.9 Å². The van der Waals surface area contributed by atoms with Crippen LogP contribution in [0.5, 0.6) is 0 Å². The van der Waals surface area contributed by atoms with Gasteiger partial charge in [-0.05, 0) is 137 Å². The molecule has 0 spiro atoms. The van der Waals surface area contributed by atoms with Gasteiger partial charge < -0.3 is 30.3 Å². The number of benzene rings is 4. The molecule has 294 valence electrons. The first-order valence-electron chi connectivity index (χ1n) is 19.5. The Hall–Kier alpha value is -5.17. The summed E-state index contributed by atoms with van der Waals surface area (Å²) in [5.41, 5.74) is 4.99. The number of hydrogen-bond donors (Lipinski definition) is 4. The van der Waals surface area contributed by atoms with Crippen molar-refractivity contribution in [1.82, 2.24) is 4.31 Å². The lowest BCUT2D eigenvalue weighted by Crippen LogP contribution is -2.42. The molecule has 2 fully saturated rings. The molecule has 0 bridgehead atoms. The molecule has 12 heteroatoms. The molecule has 6 rings (SSSR count). The van der Waals surface area contributed by atoms with Crippen molar-refractivity contribution in [3.8, 4) is 0 Å². The second-order valence-corrected chi connectivity index (χ2v) is 16.0. The van der Waals surface area contributed by atoms with E-state index in [-0.39, 0.29) is 23.4 Å². The molecule has 4 N–H and O–H groups in total. The Morgan fingerprint density at radius 2 is 1.43 bits per heavy atom. The van der Waals surface area contributed by atoms with E-state index >= 15 is 0 Å². The molecule has 11 nitrogen and oxygen atoms in total. The fourth-order valence-corrected chi connectivity index (χ4v) is 9.05. The maximum Gasteiger partial charge on any atom is 0.335 e. The van der Waals surface area contributed by atoms with Crippen molar-refractivity contribution in [1.29, 1.82) is 0 Å². The highest BCUT2D eigenvalue weighted by Gasteiger charge is 2.35. The molecule has 56 heavy (non-hydrogen) atoms. The third kappa shape index (κ3) is 10.4. The van der Waals surface area contributed by atoms with Crippen LogP contribution in [-0.4, -0.2) is 68.5 Å². The first-order chi connectivity index (χ1) is 27.1. The number of aryl methyl sites for hydroxylation is 2. The summed E-state index contributed by atoms with van der Waals surface area (Å²) in [5.74, 6) is -2.88. The van der Waals surface area contributed by atoms with E-state index in [4.69, 9.17) is 5.11 Å². The fraction of sp³-hybridized carbons (Fsp3) is 0.364. The molecular weight excluding hydrogens is 729 g/mol. The summed E-state index contributed by atoms with van der Waals surface area (Å²) in [5, 5.41) is 24.5. The quantitative estimate of drug-likeness (QED) is 0.0876. The summed E-state index contributed by atoms with van der Waals surface area (Å²) < 4.78 is 15.7. The minimum Gasteiger partial charge on any atom is -0.593 e. The second kappa shape index (κ2) is 19.1. The molecular formula is C44H50N4O7S. The summed E-state index contributed by atoms with van der Waals surface area (Å²) in [6.07, 6.45) is 8.21. The Balaban J connectivity index is 1.13. The molecule has 1 unspecified atom stereocenters. The average Bonchev–Trinajstić information content (AvgIpc) is 3.22. The van der Waals surface area contributed by atoms with Gasteiger partial charge in [0.05, 0.1) is 40.1 Å². The van der Waals surface area contributed by atoms with Crippen molar-refractivity contribution >= 4 is 52.2 Å². The number of carbonyl (C=O) groups is 4. The lowest BCUT2D eigenvalue weighted by molar-refractivity contribution is -0.143. The van der Waals surface area contributed by atoms with E-state index in [0.29, 0.717) is 59.6 Å².